The molecule has 2 aromatic carbocycles. The van der Waals surface area contributed by atoms with Crippen molar-refractivity contribution in [3.8, 4) is 23.0 Å². The van der Waals surface area contributed by atoms with Gasteiger partial charge in [0.2, 0.25) is 5.75 Å². The Morgan fingerprint density at radius 1 is 0.893 bits per heavy atom. The fraction of sp³-hybridized carbons (Fsp3) is 0.263. The standard InChI is InChI=1S/C19H21N3O6/c1-25-13-6-5-11(9-12(13)20)22-16(18(23)21-19(22)24)10-7-14(26-2)17(28-4)15(8-10)27-3/h5-9,16H,20H2,1-4H3,(H,21,23,24). The van der Waals surface area contributed by atoms with Crippen LogP contribution in [-0.4, -0.2) is 40.4 Å². The van der Waals surface area contributed by atoms with Gasteiger partial charge in [-0.05, 0) is 35.9 Å². The molecule has 3 N–H and O–H groups in total. The molecule has 28 heavy (non-hydrogen) atoms. The predicted molar refractivity (Wildman–Crippen MR) is 102 cm³/mol. The molecule has 148 valence electrons. The van der Waals surface area contributed by atoms with Crippen LogP contribution in [0.2, 0.25) is 0 Å². The summed E-state index contributed by atoms with van der Waals surface area (Å²) in [6.45, 7) is 0. The van der Waals surface area contributed by atoms with E-state index >= 15 is 0 Å². The lowest BCUT2D eigenvalue weighted by atomic mass is 10.0. The van der Waals surface area contributed by atoms with Gasteiger partial charge in [0.1, 0.15) is 11.8 Å². The normalized spacial score (nSPS) is 16.0. The van der Waals surface area contributed by atoms with Crippen molar-refractivity contribution in [1.82, 2.24) is 5.32 Å². The number of rotatable bonds is 6. The molecular formula is C19H21N3O6. The van der Waals surface area contributed by atoms with Gasteiger partial charge in [-0.2, -0.15) is 0 Å². The zero-order valence-corrected chi connectivity index (χ0v) is 15.9. The first-order valence-corrected chi connectivity index (χ1v) is 8.32. The predicted octanol–water partition coefficient (Wildman–Crippen LogP) is 2.10. The summed E-state index contributed by atoms with van der Waals surface area (Å²) in [5.41, 5.74) is 7.25. The van der Waals surface area contributed by atoms with Crippen LogP contribution >= 0.6 is 0 Å². The number of benzene rings is 2. The number of hydrogen-bond donors (Lipinski definition) is 2. The van der Waals surface area contributed by atoms with Gasteiger partial charge in [-0.3, -0.25) is 15.0 Å². The molecule has 1 fully saturated rings. The van der Waals surface area contributed by atoms with Crippen molar-refractivity contribution in [2.75, 3.05) is 39.1 Å². The summed E-state index contributed by atoms with van der Waals surface area (Å²) >= 11 is 0. The molecule has 1 aliphatic heterocycles. The fourth-order valence-corrected chi connectivity index (χ4v) is 3.17. The van der Waals surface area contributed by atoms with Gasteiger partial charge in [-0.25, -0.2) is 4.79 Å². The van der Waals surface area contributed by atoms with Crippen LogP contribution in [0.1, 0.15) is 11.6 Å². The number of anilines is 2. The number of nitrogen functional groups attached to an aromatic ring is 1. The second kappa shape index (κ2) is 7.55. The number of methoxy groups -OCH3 is 4. The smallest absolute Gasteiger partial charge is 0.329 e. The monoisotopic (exact) mass is 387 g/mol. The zero-order chi connectivity index (χ0) is 20.4. The van der Waals surface area contributed by atoms with E-state index in [1.54, 1.807) is 30.3 Å². The quantitative estimate of drug-likeness (QED) is 0.576. The van der Waals surface area contributed by atoms with Crippen LogP contribution in [0, 0.1) is 0 Å². The van der Waals surface area contributed by atoms with E-state index in [4.69, 9.17) is 24.7 Å². The third kappa shape index (κ3) is 3.11. The highest BCUT2D eigenvalue weighted by Crippen LogP contribution is 2.42. The van der Waals surface area contributed by atoms with E-state index in [-0.39, 0.29) is 0 Å². The second-order valence-electron chi connectivity index (χ2n) is 5.95. The van der Waals surface area contributed by atoms with E-state index < -0.39 is 18.0 Å². The highest BCUT2D eigenvalue weighted by atomic mass is 16.5. The van der Waals surface area contributed by atoms with Crippen molar-refractivity contribution in [1.29, 1.82) is 0 Å². The van der Waals surface area contributed by atoms with E-state index in [2.05, 4.69) is 5.32 Å². The molecule has 1 aliphatic rings. The Kier molecular flexibility index (Phi) is 5.16. The van der Waals surface area contributed by atoms with Crippen molar-refractivity contribution < 1.29 is 28.5 Å². The highest BCUT2D eigenvalue weighted by Gasteiger charge is 2.41. The topological polar surface area (TPSA) is 112 Å². The minimum absolute atomic E-state index is 0.343. The van der Waals surface area contributed by atoms with Gasteiger partial charge in [-0.15, -0.1) is 0 Å². The minimum atomic E-state index is -0.936. The summed E-state index contributed by atoms with van der Waals surface area (Å²) in [7, 11) is 5.93. The number of carbonyl (C=O) groups excluding carboxylic acids is 2. The molecule has 0 aliphatic carbocycles. The van der Waals surface area contributed by atoms with Crippen LogP contribution in [-0.2, 0) is 4.79 Å². The Labute approximate surface area is 161 Å². The van der Waals surface area contributed by atoms with Gasteiger partial charge in [-0.1, -0.05) is 0 Å². The summed E-state index contributed by atoms with van der Waals surface area (Å²) in [5.74, 6) is 1.13. The molecule has 1 atom stereocenters. The van der Waals surface area contributed by atoms with E-state index in [0.717, 1.165) is 0 Å². The first-order valence-electron chi connectivity index (χ1n) is 8.32. The van der Waals surface area contributed by atoms with Crippen molar-refractivity contribution in [3.05, 3.63) is 35.9 Å². The maximum absolute atomic E-state index is 12.6. The molecule has 0 bridgehead atoms. The maximum Gasteiger partial charge on any atom is 0.329 e. The minimum Gasteiger partial charge on any atom is -0.495 e. The molecule has 0 radical (unpaired) electrons. The van der Waals surface area contributed by atoms with E-state index in [1.807, 2.05) is 0 Å². The van der Waals surface area contributed by atoms with Crippen LogP contribution in [0.4, 0.5) is 16.2 Å². The SMILES string of the molecule is COc1ccc(N2C(=O)NC(=O)C2c2cc(OC)c(OC)c(OC)c2)cc1N. The van der Waals surface area contributed by atoms with Crippen LogP contribution < -0.4 is 34.9 Å². The summed E-state index contributed by atoms with van der Waals surface area (Å²) in [6.07, 6.45) is 0. The Balaban J connectivity index is 2.12. The summed E-state index contributed by atoms with van der Waals surface area (Å²) in [4.78, 5) is 26.4. The second-order valence-corrected chi connectivity index (χ2v) is 5.95. The largest absolute Gasteiger partial charge is 0.495 e. The van der Waals surface area contributed by atoms with Gasteiger partial charge in [0, 0.05) is 5.69 Å². The van der Waals surface area contributed by atoms with Crippen LogP contribution in [0.15, 0.2) is 30.3 Å². The van der Waals surface area contributed by atoms with E-state index in [0.29, 0.717) is 39.9 Å². The molecule has 0 saturated carbocycles. The highest BCUT2D eigenvalue weighted by molar-refractivity contribution is 6.14. The molecule has 3 amide bonds. The lowest BCUT2D eigenvalue weighted by Gasteiger charge is -2.24. The van der Waals surface area contributed by atoms with Crippen molar-refractivity contribution in [2.45, 2.75) is 6.04 Å². The van der Waals surface area contributed by atoms with Gasteiger partial charge in [0.15, 0.2) is 11.5 Å². The third-order valence-corrected chi connectivity index (χ3v) is 4.45. The zero-order valence-electron chi connectivity index (χ0n) is 15.9. The van der Waals surface area contributed by atoms with Crippen LogP contribution in [0.5, 0.6) is 23.0 Å². The Morgan fingerprint density at radius 3 is 2.00 bits per heavy atom. The summed E-state index contributed by atoms with van der Waals surface area (Å²) < 4.78 is 21.2. The Bertz CT molecular complexity index is 905. The number of amides is 3. The molecule has 1 saturated heterocycles. The van der Waals surface area contributed by atoms with Gasteiger partial charge < -0.3 is 24.7 Å². The molecule has 1 unspecified atom stereocenters. The number of hydrogen-bond acceptors (Lipinski definition) is 7. The summed E-state index contributed by atoms with van der Waals surface area (Å²) in [5, 5.41) is 2.33. The molecule has 9 nitrogen and oxygen atoms in total. The van der Waals surface area contributed by atoms with Gasteiger partial charge >= 0.3 is 6.03 Å². The van der Waals surface area contributed by atoms with Crippen LogP contribution in [0.25, 0.3) is 0 Å². The molecule has 9 heteroatoms. The number of nitrogens with one attached hydrogen (secondary N) is 1. The lowest BCUT2D eigenvalue weighted by Crippen LogP contribution is -2.29. The van der Waals surface area contributed by atoms with E-state index in [9.17, 15) is 9.59 Å². The first kappa shape index (κ1) is 19.2. The number of urea groups is 1. The number of imide groups is 1. The number of ether oxygens (including phenoxy) is 4. The Hall–Kier alpha value is -3.62. The number of carbonyl (C=O) groups is 2. The van der Waals surface area contributed by atoms with Crippen molar-refractivity contribution in [2.24, 2.45) is 0 Å². The van der Waals surface area contributed by atoms with E-state index in [1.165, 1.54) is 33.3 Å². The van der Waals surface area contributed by atoms with Gasteiger partial charge in [0.25, 0.3) is 5.91 Å². The van der Waals surface area contributed by atoms with Crippen LogP contribution in [0.3, 0.4) is 0 Å². The van der Waals surface area contributed by atoms with Crippen molar-refractivity contribution >= 4 is 23.3 Å². The van der Waals surface area contributed by atoms with Gasteiger partial charge in [0.05, 0.1) is 34.1 Å². The maximum atomic E-state index is 12.6. The molecule has 0 aromatic heterocycles. The number of nitrogens with zero attached hydrogens (tertiary/aromatic N) is 1. The lowest BCUT2D eigenvalue weighted by molar-refractivity contribution is -0.119. The molecule has 0 spiro atoms. The molecule has 3 rings (SSSR count). The fourth-order valence-electron chi connectivity index (χ4n) is 3.17. The average molecular weight is 387 g/mol. The molecule has 2 aromatic rings. The summed E-state index contributed by atoms with van der Waals surface area (Å²) in [6, 6.07) is 6.61. The Morgan fingerprint density at radius 2 is 1.50 bits per heavy atom. The molecule has 1 heterocycles. The first-order chi connectivity index (χ1) is 13.4. The average Bonchev–Trinajstić information content (AvgIpc) is 3.00. The van der Waals surface area contributed by atoms with Crippen molar-refractivity contribution in [3.63, 3.8) is 0 Å². The molecular weight excluding hydrogens is 366 g/mol. The number of nitrogens with two attached hydrogens (primary N) is 1. The third-order valence-electron chi connectivity index (χ3n) is 4.45.